The van der Waals surface area contributed by atoms with Gasteiger partial charge in [-0.15, -0.1) is 0 Å². The quantitative estimate of drug-likeness (QED) is 0.667. The van der Waals surface area contributed by atoms with Crippen LogP contribution in [0.2, 0.25) is 0 Å². The van der Waals surface area contributed by atoms with Crippen molar-refractivity contribution in [1.82, 2.24) is 9.97 Å². The Bertz CT molecular complexity index is 579. The van der Waals surface area contributed by atoms with Crippen molar-refractivity contribution in [2.24, 2.45) is 0 Å². The lowest BCUT2D eigenvalue weighted by Crippen LogP contribution is -2.17. The molecule has 5 nitrogen and oxygen atoms in total. The summed E-state index contributed by atoms with van der Waals surface area (Å²) in [7, 11) is 0. The summed E-state index contributed by atoms with van der Waals surface area (Å²) in [5, 5.41) is 9.34. The Hall–Kier alpha value is -1.69. The molecular formula is C11H9BrN2O3. The van der Waals surface area contributed by atoms with Gasteiger partial charge in [0.1, 0.15) is 5.65 Å². The Labute approximate surface area is 105 Å². The number of alkyl halides is 1. The fourth-order valence-corrected chi connectivity index (χ4v) is 2.10. The van der Waals surface area contributed by atoms with Crippen LogP contribution in [0.15, 0.2) is 24.5 Å². The van der Waals surface area contributed by atoms with Crippen molar-refractivity contribution in [2.45, 2.75) is 11.2 Å². The van der Waals surface area contributed by atoms with Gasteiger partial charge in [-0.25, -0.2) is 4.98 Å². The molecule has 17 heavy (non-hydrogen) atoms. The zero-order valence-corrected chi connectivity index (χ0v) is 10.3. The molecule has 2 aromatic rings. The lowest BCUT2D eigenvalue weighted by Gasteiger charge is -2.04. The second-order valence-corrected chi connectivity index (χ2v) is 4.64. The predicted molar refractivity (Wildman–Crippen MR) is 65.4 cm³/mol. The van der Waals surface area contributed by atoms with E-state index < -0.39 is 10.8 Å². The molecule has 88 valence electrons. The average Bonchev–Trinajstić information content (AvgIpc) is 2.70. The standard InChI is InChI=1S/C11H9BrN2O3/c12-8(4-9(15)16)10(17)7-5-14-11-6(7)2-1-3-13-11/h1-3,5,8H,4H2,(H,13,14)(H,15,16). The molecule has 0 spiro atoms. The van der Waals surface area contributed by atoms with Crippen LogP contribution in [-0.2, 0) is 4.79 Å². The highest BCUT2D eigenvalue weighted by molar-refractivity contribution is 9.10. The van der Waals surface area contributed by atoms with E-state index in [4.69, 9.17) is 5.11 Å². The van der Waals surface area contributed by atoms with Crippen molar-refractivity contribution < 1.29 is 14.7 Å². The monoisotopic (exact) mass is 296 g/mol. The minimum absolute atomic E-state index is 0.244. The molecule has 0 bridgehead atoms. The molecule has 1 atom stereocenters. The Kier molecular flexibility index (Phi) is 3.23. The molecule has 0 radical (unpaired) electrons. The van der Waals surface area contributed by atoms with E-state index in [9.17, 15) is 9.59 Å². The van der Waals surface area contributed by atoms with Gasteiger partial charge in [-0.3, -0.25) is 9.59 Å². The van der Waals surface area contributed by atoms with E-state index in [1.807, 2.05) is 0 Å². The number of Topliss-reactive ketones (excluding diaryl/α,β-unsaturated/α-hetero) is 1. The first-order valence-corrected chi connectivity index (χ1v) is 5.83. The van der Waals surface area contributed by atoms with Gasteiger partial charge in [0, 0.05) is 23.3 Å². The normalized spacial score (nSPS) is 12.5. The number of rotatable bonds is 4. The van der Waals surface area contributed by atoms with E-state index in [2.05, 4.69) is 25.9 Å². The predicted octanol–water partition coefficient (Wildman–Crippen LogP) is 1.98. The summed E-state index contributed by atoms with van der Waals surface area (Å²) in [6.45, 7) is 0. The second kappa shape index (κ2) is 4.67. The minimum atomic E-state index is -1.02. The molecule has 0 fully saturated rings. The number of H-pyrrole nitrogens is 1. The largest absolute Gasteiger partial charge is 0.481 e. The SMILES string of the molecule is O=C(O)CC(Br)C(=O)c1c[nH]c2ncccc12. The van der Waals surface area contributed by atoms with Gasteiger partial charge >= 0.3 is 5.97 Å². The molecule has 0 aliphatic carbocycles. The van der Waals surface area contributed by atoms with Crippen LogP contribution in [0.3, 0.4) is 0 Å². The lowest BCUT2D eigenvalue weighted by molar-refractivity contribution is -0.136. The molecule has 0 amide bonds. The number of aliphatic carboxylic acids is 1. The number of ketones is 1. The summed E-state index contributed by atoms with van der Waals surface area (Å²) < 4.78 is 0. The smallest absolute Gasteiger partial charge is 0.304 e. The van der Waals surface area contributed by atoms with Gasteiger partial charge in [-0.1, -0.05) is 15.9 Å². The Morgan fingerprint density at radius 3 is 3.00 bits per heavy atom. The number of carbonyl (C=O) groups excluding carboxylic acids is 1. The first-order chi connectivity index (χ1) is 8.09. The third kappa shape index (κ3) is 2.36. The van der Waals surface area contributed by atoms with Gasteiger partial charge in [0.15, 0.2) is 5.78 Å². The van der Waals surface area contributed by atoms with Crippen molar-refractivity contribution in [2.75, 3.05) is 0 Å². The van der Waals surface area contributed by atoms with E-state index >= 15 is 0 Å². The van der Waals surface area contributed by atoms with Gasteiger partial charge in [0.25, 0.3) is 0 Å². The van der Waals surface area contributed by atoms with Crippen molar-refractivity contribution in [3.8, 4) is 0 Å². The first kappa shape index (κ1) is 11.8. The van der Waals surface area contributed by atoms with Crippen molar-refractivity contribution >= 4 is 38.7 Å². The number of carbonyl (C=O) groups is 2. The van der Waals surface area contributed by atoms with E-state index in [1.54, 1.807) is 24.5 Å². The number of nitrogens with one attached hydrogen (secondary N) is 1. The topological polar surface area (TPSA) is 83.0 Å². The summed E-state index contributed by atoms with van der Waals surface area (Å²) >= 11 is 3.09. The summed E-state index contributed by atoms with van der Waals surface area (Å²) in [6.07, 6.45) is 2.93. The Balaban J connectivity index is 2.33. The molecular weight excluding hydrogens is 288 g/mol. The van der Waals surface area contributed by atoms with E-state index in [0.29, 0.717) is 16.6 Å². The maximum atomic E-state index is 12.0. The fraction of sp³-hybridized carbons (Fsp3) is 0.182. The van der Waals surface area contributed by atoms with Gasteiger partial charge in [0.05, 0.1) is 11.2 Å². The lowest BCUT2D eigenvalue weighted by atomic mass is 10.1. The van der Waals surface area contributed by atoms with E-state index in [-0.39, 0.29) is 12.2 Å². The highest BCUT2D eigenvalue weighted by Gasteiger charge is 2.22. The Morgan fingerprint density at radius 2 is 2.29 bits per heavy atom. The number of carboxylic acids is 1. The van der Waals surface area contributed by atoms with Crippen LogP contribution in [0.25, 0.3) is 11.0 Å². The summed E-state index contributed by atoms with van der Waals surface area (Å²) in [6, 6.07) is 3.50. The molecule has 0 saturated carbocycles. The number of pyridine rings is 1. The zero-order valence-electron chi connectivity index (χ0n) is 8.68. The number of fused-ring (bicyclic) bond motifs is 1. The summed E-state index contributed by atoms with van der Waals surface area (Å²) in [4.78, 5) is 28.8. The van der Waals surface area contributed by atoms with Crippen LogP contribution in [0, 0.1) is 0 Å². The minimum Gasteiger partial charge on any atom is -0.481 e. The van der Waals surface area contributed by atoms with Crippen LogP contribution < -0.4 is 0 Å². The number of aromatic nitrogens is 2. The van der Waals surface area contributed by atoms with Crippen LogP contribution >= 0.6 is 15.9 Å². The molecule has 2 N–H and O–H groups in total. The molecule has 0 aliphatic rings. The molecule has 6 heteroatoms. The maximum Gasteiger partial charge on any atom is 0.304 e. The average molecular weight is 297 g/mol. The number of carboxylic acid groups (broad SMARTS) is 1. The van der Waals surface area contributed by atoms with Gasteiger partial charge < -0.3 is 10.1 Å². The van der Waals surface area contributed by atoms with Crippen LogP contribution in [0.4, 0.5) is 0 Å². The van der Waals surface area contributed by atoms with Crippen molar-refractivity contribution in [1.29, 1.82) is 0 Å². The first-order valence-electron chi connectivity index (χ1n) is 4.92. The number of aromatic amines is 1. The fourth-order valence-electron chi connectivity index (χ4n) is 1.57. The van der Waals surface area contributed by atoms with Gasteiger partial charge in [-0.05, 0) is 12.1 Å². The van der Waals surface area contributed by atoms with Crippen LogP contribution in [-0.4, -0.2) is 31.7 Å². The van der Waals surface area contributed by atoms with Crippen LogP contribution in [0.5, 0.6) is 0 Å². The van der Waals surface area contributed by atoms with Crippen molar-refractivity contribution in [3.63, 3.8) is 0 Å². The number of nitrogens with zero attached hydrogens (tertiary/aromatic N) is 1. The number of halogens is 1. The molecule has 0 saturated heterocycles. The number of hydrogen-bond acceptors (Lipinski definition) is 3. The van der Waals surface area contributed by atoms with Gasteiger partial charge in [-0.2, -0.15) is 0 Å². The van der Waals surface area contributed by atoms with E-state index in [0.717, 1.165) is 0 Å². The summed E-state index contributed by atoms with van der Waals surface area (Å²) in [5.41, 5.74) is 1.07. The molecule has 2 heterocycles. The molecule has 2 aromatic heterocycles. The Morgan fingerprint density at radius 1 is 1.53 bits per heavy atom. The third-order valence-corrected chi connectivity index (χ3v) is 3.09. The van der Waals surface area contributed by atoms with Crippen LogP contribution in [0.1, 0.15) is 16.8 Å². The third-order valence-electron chi connectivity index (χ3n) is 2.35. The second-order valence-electron chi connectivity index (χ2n) is 3.53. The van der Waals surface area contributed by atoms with Gasteiger partial charge in [0.2, 0.25) is 0 Å². The molecule has 0 aromatic carbocycles. The maximum absolute atomic E-state index is 12.0. The molecule has 0 aliphatic heterocycles. The highest BCUT2D eigenvalue weighted by atomic mass is 79.9. The van der Waals surface area contributed by atoms with E-state index in [1.165, 1.54) is 0 Å². The molecule has 1 unspecified atom stereocenters. The summed E-state index contributed by atoms with van der Waals surface area (Å²) in [5.74, 6) is -1.27. The van der Waals surface area contributed by atoms with Crippen molar-refractivity contribution in [3.05, 3.63) is 30.1 Å². The molecule has 2 rings (SSSR count). The highest BCUT2D eigenvalue weighted by Crippen LogP contribution is 2.21. The number of hydrogen-bond donors (Lipinski definition) is 2. The zero-order chi connectivity index (χ0) is 12.4.